The average Bonchev–Trinajstić information content (AvgIpc) is 1.70. The predicted octanol–water partition coefficient (Wildman–Crippen LogP) is 18.4. The number of rotatable bonds is 18. The van der Waals surface area contributed by atoms with Crippen LogP contribution in [-0.2, 0) is 51.2 Å². The molecule has 15 rings (SSSR count). The molecule has 15 nitrogen and oxygen atoms in total. The molecule has 0 spiro atoms. The number of alkyl halides is 1. The zero-order chi connectivity index (χ0) is 70.8. The summed E-state index contributed by atoms with van der Waals surface area (Å²) in [7, 11) is -0.506. The van der Waals surface area contributed by atoms with Gasteiger partial charge in [0, 0.05) is 79.5 Å². The number of Topliss-reactive ketones (excluding diaryl/α,β-unsaturated/α-hetero) is 1. The zero-order valence-corrected chi connectivity index (χ0v) is 58.4. The SMILES string of the molecule is C=C(O)Cn1nc(-c2ccccc2)c2ccccc21.C=S(C)(=O)Cn1nc(-c2ccccc2)c2ccccc21.CC(F)Cn1nc(-c2ccccc2)c2ccccc21.CCCCC(=O)Cn1nc(-c2ccccc2)c2cc(Cl)ccc21.CNC(=O)Cn1nc(-c2ccccc2)c2ccccc21. The molecule has 10 aromatic carbocycles. The van der Waals surface area contributed by atoms with Gasteiger partial charge in [0.1, 0.15) is 59.4 Å². The second-order valence-corrected chi connectivity index (χ2v) is 27.5. The third kappa shape index (κ3) is 17.9. The van der Waals surface area contributed by atoms with E-state index < -0.39 is 15.7 Å². The molecule has 1 amide bonds. The van der Waals surface area contributed by atoms with Gasteiger partial charge in [0.05, 0.1) is 40.7 Å². The van der Waals surface area contributed by atoms with Crippen LogP contribution in [0.15, 0.2) is 279 Å². The summed E-state index contributed by atoms with van der Waals surface area (Å²) < 4.78 is 34.1. The number of benzene rings is 10. The maximum absolute atomic E-state index is 13.3. The van der Waals surface area contributed by atoms with Crippen LogP contribution in [0.25, 0.3) is 111 Å². The van der Waals surface area contributed by atoms with Crippen LogP contribution >= 0.6 is 11.6 Å². The minimum absolute atomic E-state index is 0.0575. The van der Waals surface area contributed by atoms with Crippen molar-refractivity contribution in [3.8, 4) is 56.3 Å². The number of allylic oxidation sites excluding steroid dienone is 1. The lowest BCUT2D eigenvalue weighted by Crippen LogP contribution is -2.23. The quantitative estimate of drug-likeness (QED) is 0.0626. The Kier molecular flexibility index (Phi) is 23.4. The number of carbonyl (C=O) groups excluding carboxylic acids is 2. The van der Waals surface area contributed by atoms with Crippen LogP contribution in [0.5, 0.6) is 0 Å². The molecule has 0 radical (unpaired) electrons. The van der Waals surface area contributed by atoms with Crippen molar-refractivity contribution >= 4 is 93.2 Å². The number of ketones is 1. The van der Waals surface area contributed by atoms with Crippen LogP contribution in [-0.4, -0.2) is 95.3 Å². The number of aliphatic hydroxyl groups is 1. The molecule has 18 heteroatoms. The molecule has 5 aromatic heterocycles. The second-order valence-electron chi connectivity index (χ2n) is 24.4. The number of hydrogen-bond donors (Lipinski definition) is 2. The summed E-state index contributed by atoms with van der Waals surface area (Å²) in [4.78, 5) is 23.7. The van der Waals surface area contributed by atoms with E-state index in [9.17, 15) is 23.3 Å². The van der Waals surface area contributed by atoms with Gasteiger partial charge in [0.15, 0.2) is 5.78 Å². The van der Waals surface area contributed by atoms with E-state index >= 15 is 0 Å². The summed E-state index contributed by atoms with van der Waals surface area (Å²) in [5, 5.41) is 41.0. The summed E-state index contributed by atoms with van der Waals surface area (Å²) >= 11 is 6.16. The van der Waals surface area contributed by atoms with Gasteiger partial charge in [-0.3, -0.25) is 37.2 Å². The number of likely N-dealkylation sites (N-methyl/N-ethyl adjacent to an activating group) is 1. The molecule has 0 saturated heterocycles. The van der Waals surface area contributed by atoms with Gasteiger partial charge in [-0.15, -0.1) is 0 Å². The lowest BCUT2D eigenvalue weighted by molar-refractivity contribution is -0.121. The first-order valence-electron chi connectivity index (χ1n) is 33.3. The van der Waals surface area contributed by atoms with Gasteiger partial charge in [-0.05, 0) is 71.2 Å². The maximum atomic E-state index is 13.3. The van der Waals surface area contributed by atoms with E-state index in [0.717, 1.165) is 124 Å². The Bertz CT molecular complexity index is 5400. The summed E-state index contributed by atoms with van der Waals surface area (Å²) in [5.41, 5.74) is 14.7. The maximum Gasteiger partial charge on any atom is 0.241 e. The lowest BCUT2D eigenvalue weighted by atomic mass is 10.1. The van der Waals surface area contributed by atoms with E-state index in [2.05, 4.69) is 50.2 Å². The topological polar surface area (TPSA) is 173 Å². The molecule has 0 aliphatic carbocycles. The fraction of sp³-hybridized carbons (Fsp3) is 0.157. The van der Waals surface area contributed by atoms with Crippen LogP contribution < -0.4 is 5.32 Å². The molecule has 0 bridgehead atoms. The smallest absolute Gasteiger partial charge is 0.241 e. The number of aliphatic hydroxyl groups excluding tert-OH is 1. The molecule has 2 unspecified atom stereocenters. The Morgan fingerprint density at radius 2 is 0.792 bits per heavy atom. The second kappa shape index (κ2) is 33.3. The fourth-order valence-electron chi connectivity index (χ4n) is 11.8. The summed E-state index contributed by atoms with van der Waals surface area (Å²) in [6, 6.07) is 87.7. The van der Waals surface area contributed by atoms with E-state index in [4.69, 9.17) is 11.6 Å². The van der Waals surface area contributed by atoms with E-state index in [1.807, 2.05) is 267 Å². The third-order valence-corrected chi connectivity index (χ3v) is 17.5. The third-order valence-electron chi connectivity index (χ3n) is 16.4. The Hall–Kier alpha value is -11.5. The first-order chi connectivity index (χ1) is 49.0. The number of nitrogens with zero attached hydrogens (tertiary/aromatic N) is 10. The molecule has 0 saturated carbocycles. The van der Waals surface area contributed by atoms with Crippen LogP contribution in [0.1, 0.15) is 33.1 Å². The van der Waals surface area contributed by atoms with Gasteiger partial charge < -0.3 is 10.4 Å². The van der Waals surface area contributed by atoms with Gasteiger partial charge in [-0.1, -0.05) is 256 Å². The molecule has 2 N–H and O–H groups in total. The monoisotopic (exact) mass is 1380 g/mol. The number of amides is 1. The first kappa shape index (κ1) is 70.8. The number of hydrogen-bond acceptors (Lipinski definition) is 9. The average molecular weight is 1380 g/mol. The largest absolute Gasteiger partial charge is 0.511 e. The highest BCUT2D eigenvalue weighted by Gasteiger charge is 2.19. The minimum atomic E-state index is -2.14. The van der Waals surface area contributed by atoms with Crippen LogP contribution in [0.4, 0.5) is 4.39 Å². The highest BCUT2D eigenvalue weighted by molar-refractivity contribution is 7.98. The Balaban J connectivity index is 0.000000127. The molecule has 0 aliphatic rings. The summed E-state index contributed by atoms with van der Waals surface area (Å²) in [6.07, 6.45) is 3.30. The van der Waals surface area contributed by atoms with Crippen molar-refractivity contribution in [2.75, 3.05) is 13.3 Å². The van der Waals surface area contributed by atoms with Gasteiger partial charge in [0.2, 0.25) is 5.91 Å². The fourth-order valence-corrected chi connectivity index (χ4v) is 12.7. The van der Waals surface area contributed by atoms with E-state index in [1.54, 1.807) is 43.6 Å². The number of nitrogens with one attached hydrogen (secondary N) is 1. The van der Waals surface area contributed by atoms with Crippen molar-refractivity contribution in [2.45, 2.75) is 71.3 Å². The van der Waals surface area contributed by atoms with Crippen LogP contribution in [0.2, 0.25) is 5.02 Å². The molecule has 15 aromatic rings. The standard InChI is InChI=1S/C19H19ClN2O.C16H15FN2.C16H15N3O.C16H16N2OS.C16H14N2O/c1-2-3-9-16(23)13-22-18-11-10-15(20)12-17(18)19(21-22)14-7-5-4-6-8-14;1-12(17)11-19-15-10-6-5-9-14(15)16(18-19)13-7-3-2-4-8-13;1-17-15(20)11-19-14-10-6-5-9-13(14)16(18-19)12-7-3-2-4-8-12;1-20(2,19)12-18-15-11-7-6-10-14(15)16(17-18)13-8-4-3-5-9-13;1-12(19)11-18-15-10-6-5-9-14(15)16(17-18)13-7-3-2-4-8-13/h4-8,10-12H,2-3,9,13H2,1H3;2-10,12H,11H2,1H3;2-10H,11H2,1H3,(H,17,20);3-11H,1,12H2,2H3;2-10,19H,1,11H2. The van der Waals surface area contributed by atoms with Gasteiger partial charge in [-0.25, -0.2) is 4.39 Å². The Labute approximate surface area is 592 Å². The highest BCUT2D eigenvalue weighted by atomic mass is 35.5. The van der Waals surface area contributed by atoms with Crippen LogP contribution in [0, 0.1) is 0 Å². The molecule has 101 heavy (non-hydrogen) atoms. The van der Waals surface area contributed by atoms with Crippen molar-refractivity contribution in [2.24, 2.45) is 0 Å². The Morgan fingerprint density at radius 1 is 0.475 bits per heavy atom. The minimum Gasteiger partial charge on any atom is -0.511 e. The number of halogens is 2. The van der Waals surface area contributed by atoms with Crippen molar-refractivity contribution in [3.05, 3.63) is 284 Å². The predicted molar refractivity (Wildman–Crippen MR) is 413 cm³/mol. The number of fused-ring (bicyclic) bond motifs is 5. The lowest BCUT2D eigenvalue weighted by Gasteiger charge is -2.04. The molecular weight excluding hydrogens is 1300 g/mol. The zero-order valence-electron chi connectivity index (χ0n) is 56.9. The summed E-state index contributed by atoms with van der Waals surface area (Å²) in [5.74, 6) is 4.32. The van der Waals surface area contributed by atoms with Gasteiger partial charge in [-0.2, -0.15) is 25.5 Å². The van der Waals surface area contributed by atoms with Crippen molar-refractivity contribution in [1.82, 2.24) is 54.2 Å². The van der Waals surface area contributed by atoms with Crippen molar-refractivity contribution in [3.63, 3.8) is 0 Å². The molecule has 0 aliphatic heterocycles. The molecule has 510 valence electrons. The van der Waals surface area contributed by atoms with E-state index in [1.165, 1.54) is 0 Å². The van der Waals surface area contributed by atoms with E-state index in [-0.39, 0.29) is 30.5 Å². The number of para-hydroxylation sites is 4. The Morgan fingerprint density at radius 3 is 1.16 bits per heavy atom. The highest BCUT2D eigenvalue weighted by Crippen LogP contribution is 2.34. The van der Waals surface area contributed by atoms with Gasteiger partial charge >= 0.3 is 0 Å². The van der Waals surface area contributed by atoms with E-state index in [0.29, 0.717) is 30.4 Å². The molecule has 5 heterocycles. The van der Waals surface area contributed by atoms with Crippen LogP contribution in [0.3, 0.4) is 0 Å². The molecular formula is C83H79ClFN11O4S. The van der Waals surface area contributed by atoms with Crippen molar-refractivity contribution in [1.29, 1.82) is 0 Å². The summed E-state index contributed by atoms with van der Waals surface area (Å²) in [6.45, 7) is 8.31. The molecule has 0 fully saturated rings. The van der Waals surface area contributed by atoms with Gasteiger partial charge in [0.25, 0.3) is 0 Å². The molecule has 2 atom stereocenters. The number of carbonyl (C=O) groups is 2. The normalized spacial score (nSPS) is 11.9. The number of unbranched alkanes of at least 4 members (excludes halogenated alkanes) is 1. The number of aromatic nitrogens is 10. The first-order valence-corrected chi connectivity index (χ1v) is 36.0. The van der Waals surface area contributed by atoms with Crippen molar-refractivity contribution < 1.29 is 23.3 Å².